The van der Waals surface area contributed by atoms with Crippen molar-refractivity contribution in [3.05, 3.63) is 41.5 Å². The normalized spacial score (nSPS) is 29.8. The van der Waals surface area contributed by atoms with Crippen molar-refractivity contribution in [1.82, 2.24) is 15.3 Å². The van der Waals surface area contributed by atoms with Gasteiger partial charge in [-0.15, -0.1) is 0 Å². The molecule has 0 unspecified atom stereocenters. The van der Waals surface area contributed by atoms with Crippen molar-refractivity contribution in [3.8, 4) is 0 Å². The van der Waals surface area contributed by atoms with E-state index in [4.69, 9.17) is 23.8 Å². The Hall–Kier alpha value is -4.10. The van der Waals surface area contributed by atoms with E-state index in [9.17, 15) is 42.3 Å². The second kappa shape index (κ2) is 15.6. The molecule has 296 valence electrons. The average molecular weight is 768 g/mol. The molecule has 4 saturated heterocycles. The zero-order valence-electron chi connectivity index (χ0n) is 30.0. The number of hydrogen-bond acceptors (Lipinski definition) is 13. The fourth-order valence-electron chi connectivity index (χ4n) is 7.83. The summed E-state index contributed by atoms with van der Waals surface area (Å²) in [5.41, 5.74) is -1.09. The van der Waals surface area contributed by atoms with Crippen LogP contribution >= 0.6 is 0 Å². The predicted octanol–water partition coefficient (Wildman–Crippen LogP) is 1.94. The first-order valence-corrected chi connectivity index (χ1v) is 17.8. The van der Waals surface area contributed by atoms with Crippen LogP contribution in [0.4, 0.5) is 13.2 Å². The minimum absolute atomic E-state index is 0.00552. The van der Waals surface area contributed by atoms with Gasteiger partial charge in [0.2, 0.25) is 11.8 Å². The van der Waals surface area contributed by atoms with Crippen LogP contribution in [0.2, 0.25) is 0 Å². The molecule has 15 nitrogen and oxygen atoms in total. The summed E-state index contributed by atoms with van der Waals surface area (Å²) in [4.78, 5) is 74.3. The van der Waals surface area contributed by atoms with Gasteiger partial charge in [-0.3, -0.25) is 24.0 Å². The number of ether oxygens (including phenoxy) is 5. The minimum Gasteiger partial charge on any atom is -0.460 e. The molecule has 0 radical (unpaired) electrons. The number of likely N-dealkylation sites (tertiary alicyclic amines) is 1. The summed E-state index contributed by atoms with van der Waals surface area (Å²) < 4.78 is 64.1. The second-order valence-corrected chi connectivity index (χ2v) is 15.1. The molecule has 0 spiro atoms. The van der Waals surface area contributed by atoms with Crippen LogP contribution in [0.3, 0.4) is 0 Å². The third-order valence-electron chi connectivity index (χ3n) is 10.1. The van der Waals surface area contributed by atoms with Gasteiger partial charge in [0.05, 0.1) is 19.2 Å². The molecule has 1 aromatic rings. The van der Waals surface area contributed by atoms with Gasteiger partial charge in [-0.05, 0) is 57.2 Å². The van der Waals surface area contributed by atoms with Gasteiger partial charge in [-0.25, -0.2) is 4.79 Å². The maximum Gasteiger partial charge on any atom is 0.422 e. The molecule has 1 saturated carbocycles. The molecule has 1 aliphatic carbocycles. The molecule has 2 N–H and O–H groups in total. The van der Waals surface area contributed by atoms with Crippen molar-refractivity contribution in [3.63, 3.8) is 0 Å². The molecular weight excluding hydrogens is 723 g/mol. The summed E-state index contributed by atoms with van der Waals surface area (Å²) in [6, 6.07) is 3.63. The lowest BCUT2D eigenvalue weighted by molar-refractivity contribution is -0.204. The predicted molar refractivity (Wildman–Crippen MR) is 177 cm³/mol. The highest BCUT2D eigenvalue weighted by atomic mass is 19.4. The van der Waals surface area contributed by atoms with E-state index in [2.05, 4.69) is 10.1 Å². The second-order valence-electron chi connectivity index (χ2n) is 15.1. The number of rotatable bonds is 12. The molecule has 8 atom stereocenters. The van der Waals surface area contributed by atoms with Crippen molar-refractivity contribution in [2.75, 3.05) is 26.6 Å². The number of benzene rings is 1. The zero-order valence-corrected chi connectivity index (χ0v) is 30.0. The van der Waals surface area contributed by atoms with Crippen molar-refractivity contribution in [1.29, 1.82) is 0 Å². The molecule has 54 heavy (non-hydrogen) atoms. The number of aliphatic hydroxyl groups excluding tert-OH is 1. The summed E-state index contributed by atoms with van der Waals surface area (Å²) in [6.07, 6.45) is -4.73. The largest absolute Gasteiger partial charge is 0.460 e. The number of esters is 3. The lowest BCUT2D eigenvalue weighted by Gasteiger charge is -2.50. The van der Waals surface area contributed by atoms with Gasteiger partial charge in [0.15, 0.2) is 12.6 Å². The van der Waals surface area contributed by atoms with Crippen LogP contribution in [-0.4, -0.2) is 126 Å². The first-order chi connectivity index (χ1) is 25.5. The Balaban J connectivity index is 1.18. The van der Waals surface area contributed by atoms with Gasteiger partial charge in [0, 0.05) is 25.5 Å². The summed E-state index contributed by atoms with van der Waals surface area (Å²) in [5.74, 6) is -3.31. The fraction of sp³-hybridized carbons (Fsp3) is 0.639. The van der Waals surface area contributed by atoms with Crippen molar-refractivity contribution in [2.24, 2.45) is 5.41 Å². The number of alkyl halides is 3. The van der Waals surface area contributed by atoms with Crippen molar-refractivity contribution in [2.45, 2.75) is 114 Å². The highest BCUT2D eigenvalue weighted by molar-refractivity contribution is 5.96. The first-order valence-electron chi connectivity index (χ1n) is 17.8. The van der Waals surface area contributed by atoms with Crippen molar-refractivity contribution < 1.29 is 70.8 Å². The number of carbonyl (C=O) groups excluding carboxylic acids is 5. The molecule has 6 rings (SSSR count). The summed E-state index contributed by atoms with van der Waals surface area (Å²) >= 11 is 0. The van der Waals surface area contributed by atoms with Crippen LogP contribution in [-0.2, 0) is 59.0 Å². The molecule has 4 aliphatic heterocycles. The molecule has 2 bridgehead atoms. The van der Waals surface area contributed by atoms with Crippen molar-refractivity contribution >= 4 is 35.8 Å². The van der Waals surface area contributed by atoms with Gasteiger partial charge in [0.1, 0.15) is 48.3 Å². The van der Waals surface area contributed by atoms with Crippen LogP contribution in [0, 0.1) is 5.41 Å². The highest BCUT2D eigenvalue weighted by Crippen LogP contribution is 2.56. The number of nitrogens with one attached hydrogen (secondary N) is 1. The Kier molecular flexibility index (Phi) is 11.4. The van der Waals surface area contributed by atoms with E-state index in [0.717, 1.165) is 6.08 Å². The standard InChI is InChI=1S/C36H44F3N3O12/c1-34(2,3)53-26(45)13-11-22(17-43)40-31(46)23-5-4-14-41(23)33(48)35-15-24-27-28(51-19-50-27)30(35)54-42(29(35)32(47)52-24)16-21-8-6-20(7-9-21)10-12-25(44)49-18-36(37,38)39/h6-10,12,22-24,27-30,43H,4-5,11,13-19H2,1-3H3,(H,40,46)/t22-,23+,24+,27-,28-,29-,30+,35-/m0/s1. The van der Waals surface area contributed by atoms with E-state index in [0.29, 0.717) is 24.0 Å². The number of halogens is 3. The fourth-order valence-corrected chi connectivity index (χ4v) is 7.83. The van der Waals surface area contributed by atoms with E-state index in [1.807, 2.05) is 0 Å². The third-order valence-corrected chi connectivity index (χ3v) is 10.1. The smallest absolute Gasteiger partial charge is 0.422 e. The molecule has 5 aliphatic rings. The van der Waals surface area contributed by atoms with Crippen LogP contribution in [0.5, 0.6) is 0 Å². The van der Waals surface area contributed by atoms with E-state index in [1.54, 1.807) is 45.0 Å². The third kappa shape index (κ3) is 8.41. The quantitative estimate of drug-likeness (QED) is 0.179. The molecule has 1 aromatic carbocycles. The van der Waals surface area contributed by atoms with Gasteiger partial charge in [-0.2, -0.15) is 18.2 Å². The molecule has 18 heteroatoms. The lowest BCUT2D eigenvalue weighted by atomic mass is 9.62. The number of hydrogen-bond donors (Lipinski definition) is 2. The Bertz CT molecular complexity index is 1630. The summed E-state index contributed by atoms with van der Waals surface area (Å²) in [7, 11) is 0. The number of hydroxylamine groups is 2. The van der Waals surface area contributed by atoms with Crippen LogP contribution in [0.25, 0.3) is 6.08 Å². The maximum absolute atomic E-state index is 14.9. The lowest BCUT2D eigenvalue weighted by Crippen LogP contribution is -2.70. The summed E-state index contributed by atoms with van der Waals surface area (Å²) in [6.45, 7) is 3.20. The number of fused-ring (bicyclic) bond motifs is 4. The molecule has 5 fully saturated rings. The molecule has 4 heterocycles. The molecule has 0 aromatic heterocycles. The maximum atomic E-state index is 14.9. The number of nitrogens with zero attached hydrogens (tertiary/aromatic N) is 2. The summed E-state index contributed by atoms with van der Waals surface area (Å²) in [5, 5.41) is 14.2. The number of aliphatic hydroxyl groups is 1. The Morgan fingerprint density at radius 3 is 2.52 bits per heavy atom. The Labute approximate surface area is 308 Å². The van der Waals surface area contributed by atoms with Gasteiger partial charge in [-0.1, -0.05) is 24.3 Å². The van der Waals surface area contributed by atoms with Crippen LogP contribution < -0.4 is 5.32 Å². The van der Waals surface area contributed by atoms with Gasteiger partial charge < -0.3 is 39.0 Å². The SMILES string of the molecule is CC(C)(C)OC(=O)CC[C@@H](CO)NC(=O)[C@H]1CCCN1C(=O)[C@@]12C[C@H]3OC(=O)[C@@H]1N(Cc1ccc(C=CC(=O)OCC(F)(F)F)cc1)O[C@@H]2[C@H]1OCO[C@H]13. The number of amides is 2. The number of carbonyl (C=O) groups is 5. The first kappa shape index (κ1) is 39.6. The Morgan fingerprint density at radius 2 is 1.83 bits per heavy atom. The van der Waals surface area contributed by atoms with E-state index in [-0.39, 0.29) is 39.1 Å². The molecular formula is C36H44F3N3O12. The van der Waals surface area contributed by atoms with Gasteiger partial charge in [0.25, 0.3) is 0 Å². The van der Waals surface area contributed by atoms with Gasteiger partial charge >= 0.3 is 24.1 Å². The van der Waals surface area contributed by atoms with Crippen LogP contribution in [0.1, 0.15) is 64.0 Å². The molecule has 2 amide bonds. The topological polar surface area (TPSA) is 179 Å². The highest BCUT2D eigenvalue weighted by Gasteiger charge is 2.75. The van der Waals surface area contributed by atoms with Crippen LogP contribution in [0.15, 0.2) is 30.3 Å². The van der Waals surface area contributed by atoms with E-state index in [1.165, 1.54) is 16.0 Å². The minimum atomic E-state index is -4.65. The average Bonchev–Trinajstić information content (AvgIpc) is 3.86. The van der Waals surface area contributed by atoms with E-state index < -0.39 is 103 Å². The monoisotopic (exact) mass is 767 g/mol. The zero-order chi connectivity index (χ0) is 39.0. The Morgan fingerprint density at radius 1 is 1.11 bits per heavy atom. The van der Waals surface area contributed by atoms with E-state index >= 15 is 0 Å².